The smallest absolute Gasteiger partial charge is 0.0356 e. The van der Waals surface area contributed by atoms with Gasteiger partial charge in [0, 0.05) is 10.1 Å². The lowest BCUT2D eigenvalue weighted by Gasteiger charge is -2.28. The molecule has 1 aliphatic heterocycles. The predicted octanol–water partition coefficient (Wildman–Crippen LogP) is 5.70. The molecule has 2 aromatic carbocycles. The Bertz CT molecular complexity index is 573. The quantitative estimate of drug-likeness (QED) is 0.626. The van der Waals surface area contributed by atoms with Crippen LogP contribution in [0.3, 0.4) is 0 Å². The summed E-state index contributed by atoms with van der Waals surface area (Å²) in [5.41, 5.74) is 2.79. The largest absolute Gasteiger partial charge is 0.303 e. The van der Waals surface area contributed by atoms with Crippen LogP contribution >= 0.6 is 11.8 Å². The molecule has 23 heavy (non-hydrogen) atoms. The van der Waals surface area contributed by atoms with E-state index in [1.165, 1.54) is 61.3 Å². The highest BCUT2D eigenvalue weighted by molar-refractivity contribution is 7.99. The number of rotatable bonds is 6. The van der Waals surface area contributed by atoms with Gasteiger partial charge in [0.05, 0.1) is 0 Å². The third-order valence-corrected chi connectivity index (χ3v) is 5.96. The van der Waals surface area contributed by atoms with E-state index in [4.69, 9.17) is 0 Å². The average Bonchev–Trinajstić information content (AvgIpc) is 2.62. The van der Waals surface area contributed by atoms with E-state index in [-0.39, 0.29) is 0 Å². The Morgan fingerprint density at radius 2 is 1.61 bits per heavy atom. The SMILES string of the molecule is Cc1ccc(SC(CCN2CCCCC2)c2ccccc2)cc1. The highest BCUT2D eigenvalue weighted by Crippen LogP contribution is 2.38. The molecule has 1 atom stereocenters. The molecule has 122 valence electrons. The molecular formula is C21H27NS. The van der Waals surface area contributed by atoms with E-state index in [1.807, 2.05) is 11.8 Å². The van der Waals surface area contributed by atoms with Crippen LogP contribution in [0.25, 0.3) is 0 Å². The van der Waals surface area contributed by atoms with Crippen molar-refractivity contribution in [3.05, 3.63) is 65.7 Å². The Balaban J connectivity index is 1.67. The van der Waals surface area contributed by atoms with Gasteiger partial charge in [0.2, 0.25) is 0 Å². The zero-order valence-electron chi connectivity index (χ0n) is 14.1. The molecule has 1 heterocycles. The van der Waals surface area contributed by atoms with Crippen molar-refractivity contribution in [1.82, 2.24) is 4.90 Å². The Morgan fingerprint density at radius 1 is 0.913 bits per heavy atom. The number of likely N-dealkylation sites (tertiary alicyclic amines) is 1. The number of hydrogen-bond acceptors (Lipinski definition) is 2. The summed E-state index contributed by atoms with van der Waals surface area (Å²) in [6.07, 6.45) is 5.39. The van der Waals surface area contributed by atoms with E-state index < -0.39 is 0 Å². The van der Waals surface area contributed by atoms with Crippen LogP contribution in [0, 0.1) is 6.92 Å². The molecular weight excluding hydrogens is 298 g/mol. The van der Waals surface area contributed by atoms with Crippen LogP contribution in [-0.4, -0.2) is 24.5 Å². The van der Waals surface area contributed by atoms with Crippen LogP contribution in [0.5, 0.6) is 0 Å². The summed E-state index contributed by atoms with van der Waals surface area (Å²) < 4.78 is 0. The maximum Gasteiger partial charge on any atom is 0.0356 e. The lowest BCUT2D eigenvalue weighted by molar-refractivity contribution is 0.226. The molecule has 0 N–H and O–H groups in total. The molecule has 1 saturated heterocycles. The number of aryl methyl sites for hydroxylation is 1. The van der Waals surface area contributed by atoms with Gasteiger partial charge in [-0.1, -0.05) is 54.4 Å². The van der Waals surface area contributed by atoms with Crippen LogP contribution in [0.4, 0.5) is 0 Å². The molecule has 0 aromatic heterocycles. The molecule has 1 unspecified atom stereocenters. The molecule has 2 heteroatoms. The van der Waals surface area contributed by atoms with Crippen LogP contribution in [0.1, 0.15) is 42.1 Å². The lowest BCUT2D eigenvalue weighted by atomic mass is 10.1. The highest BCUT2D eigenvalue weighted by atomic mass is 32.2. The van der Waals surface area contributed by atoms with Gasteiger partial charge in [0.15, 0.2) is 0 Å². The minimum atomic E-state index is 0.542. The first-order valence-corrected chi connectivity index (χ1v) is 9.70. The van der Waals surface area contributed by atoms with Gasteiger partial charge in [0.25, 0.3) is 0 Å². The Kier molecular flexibility index (Phi) is 6.18. The predicted molar refractivity (Wildman–Crippen MR) is 101 cm³/mol. The Hall–Kier alpha value is -1.25. The van der Waals surface area contributed by atoms with E-state index >= 15 is 0 Å². The molecule has 0 saturated carbocycles. The van der Waals surface area contributed by atoms with Crippen molar-refractivity contribution in [3.63, 3.8) is 0 Å². The molecule has 1 aliphatic rings. The molecule has 0 aliphatic carbocycles. The maximum atomic E-state index is 2.65. The van der Waals surface area contributed by atoms with Crippen LogP contribution in [-0.2, 0) is 0 Å². The molecule has 0 spiro atoms. The summed E-state index contributed by atoms with van der Waals surface area (Å²) in [5, 5.41) is 0.542. The van der Waals surface area contributed by atoms with Gasteiger partial charge < -0.3 is 4.90 Å². The van der Waals surface area contributed by atoms with Gasteiger partial charge >= 0.3 is 0 Å². The van der Waals surface area contributed by atoms with Crippen molar-refractivity contribution in [2.45, 2.75) is 42.8 Å². The van der Waals surface area contributed by atoms with Crippen molar-refractivity contribution >= 4 is 11.8 Å². The molecule has 3 rings (SSSR count). The second-order valence-corrected chi connectivity index (χ2v) is 7.80. The molecule has 1 nitrogen and oxygen atoms in total. The number of benzene rings is 2. The van der Waals surface area contributed by atoms with E-state index in [0.717, 1.165) is 0 Å². The second-order valence-electron chi connectivity index (χ2n) is 6.52. The first kappa shape index (κ1) is 16.6. The number of hydrogen-bond donors (Lipinski definition) is 0. The highest BCUT2D eigenvalue weighted by Gasteiger charge is 2.16. The van der Waals surface area contributed by atoms with Crippen molar-refractivity contribution in [2.24, 2.45) is 0 Å². The van der Waals surface area contributed by atoms with E-state index in [0.29, 0.717) is 5.25 Å². The van der Waals surface area contributed by atoms with Gasteiger partial charge in [-0.3, -0.25) is 0 Å². The number of thioether (sulfide) groups is 1. The Labute approximate surface area is 145 Å². The Morgan fingerprint density at radius 3 is 2.30 bits per heavy atom. The van der Waals surface area contributed by atoms with Crippen LogP contribution < -0.4 is 0 Å². The van der Waals surface area contributed by atoms with Gasteiger partial charge in [-0.05, 0) is 63.5 Å². The first-order valence-electron chi connectivity index (χ1n) is 8.82. The van der Waals surface area contributed by atoms with Crippen molar-refractivity contribution in [2.75, 3.05) is 19.6 Å². The van der Waals surface area contributed by atoms with E-state index in [1.54, 1.807) is 0 Å². The normalized spacial score (nSPS) is 17.1. The number of nitrogens with zero attached hydrogens (tertiary/aromatic N) is 1. The summed E-state index contributed by atoms with van der Waals surface area (Å²) in [5.74, 6) is 0. The minimum absolute atomic E-state index is 0.542. The van der Waals surface area contributed by atoms with Crippen LogP contribution in [0.15, 0.2) is 59.5 Å². The average molecular weight is 326 g/mol. The topological polar surface area (TPSA) is 3.24 Å². The third-order valence-electron chi connectivity index (χ3n) is 4.63. The van der Waals surface area contributed by atoms with Gasteiger partial charge in [-0.2, -0.15) is 0 Å². The van der Waals surface area contributed by atoms with Gasteiger partial charge in [-0.25, -0.2) is 0 Å². The fraction of sp³-hybridized carbons (Fsp3) is 0.429. The summed E-state index contributed by atoms with van der Waals surface area (Å²) >= 11 is 2.01. The summed E-state index contributed by atoms with van der Waals surface area (Å²) in [6.45, 7) is 5.95. The third kappa shape index (κ3) is 5.12. The molecule has 2 aromatic rings. The fourth-order valence-electron chi connectivity index (χ4n) is 3.23. The van der Waals surface area contributed by atoms with Crippen molar-refractivity contribution in [1.29, 1.82) is 0 Å². The molecule has 0 radical (unpaired) electrons. The summed E-state index contributed by atoms with van der Waals surface area (Å²) in [4.78, 5) is 4.03. The van der Waals surface area contributed by atoms with Crippen molar-refractivity contribution < 1.29 is 0 Å². The van der Waals surface area contributed by atoms with Crippen molar-refractivity contribution in [3.8, 4) is 0 Å². The van der Waals surface area contributed by atoms with Gasteiger partial charge in [0.1, 0.15) is 0 Å². The number of piperidine rings is 1. The summed E-state index contributed by atoms with van der Waals surface area (Å²) in [6, 6.07) is 20.0. The first-order chi connectivity index (χ1) is 11.3. The van der Waals surface area contributed by atoms with E-state index in [9.17, 15) is 0 Å². The molecule has 0 bridgehead atoms. The summed E-state index contributed by atoms with van der Waals surface area (Å²) in [7, 11) is 0. The lowest BCUT2D eigenvalue weighted by Crippen LogP contribution is -2.31. The monoisotopic (exact) mass is 325 g/mol. The minimum Gasteiger partial charge on any atom is -0.303 e. The zero-order valence-corrected chi connectivity index (χ0v) is 14.9. The van der Waals surface area contributed by atoms with Gasteiger partial charge in [-0.15, -0.1) is 11.8 Å². The molecule has 0 amide bonds. The zero-order chi connectivity index (χ0) is 15.9. The standard InChI is InChI=1S/C21H27NS/c1-18-10-12-20(13-11-18)23-21(19-8-4-2-5-9-19)14-17-22-15-6-3-7-16-22/h2,4-5,8-13,21H,3,6-7,14-17H2,1H3. The maximum absolute atomic E-state index is 2.65. The van der Waals surface area contributed by atoms with E-state index in [2.05, 4.69) is 66.4 Å². The fourth-order valence-corrected chi connectivity index (χ4v) is 4.36. The second kappa shape index (κ2) is 8.56. The molecule has 1 fully saturated rings. The van der Waals surface area contributed by atoms with Crippen LogP contribution in [0.2, 0.25) is 0 Å².